The van der Waals surface area contributed by atoms with Crippen LogP contribution in [-0.2, 0) is 6.42 Å². The van der Waals surface area contributed by atoms with Crippen LogP contribution in [0.2, 0.25) is 0 Å². The first-order valence-electron chi connectivity index (χ1n) is 18.8. The normalized spacial score (nSPS) is 11.9. The van der Waals surface area contributed by atoms with Crippen molar-refractivity contribution in [2.75, 3.05) is 4.90 Å². The Labute approximate surface area is 319 Å². The molecular weight excluding hydrogens is 669 g/mol. The Morgan fingerprint density at radius 3 is 1.80 bits per heavy atom. The van der Waals surface area contributed by atoms with Gasteiger partial charge < -0.3 is 9.32 Å². The molecule has 0 fully saturated rings. The molecule has 1 aromatic heterocycles. The average Bonchev–Trinajstić information content (AvgIpc) is 3.85. The SMILES string of the molecule is c1ccc(-c2ccc(N(c3ccc4ccccc4c3)c3cc(-c4ccc5oc(-c6ccccc6)nc5c4)cc4c3-c3cc5ccccc5cc3C4)cc2)cc1. The molecule has 0 saturated heterocycles. The topological polar surface area (TPSA) is 29.3 Å². The van der Waals surface area contributed by atoms with Crippen LogP contribution in [0.4, 0.5) is 17.1 Å². The largest absolute Gasteiger partial charge is 0.436 e. The van der Waals surface area contributed by atoms with E-state index >= 15 is 0 Å². The number of anilines is 3. The maximum absolute atomic E-state index is 6.23. The van der Waals surface area contributed by atoms with Crippen LogP contribution in [-0.4, -0.2) is 4.98 Å². The smallest absolute Gasteiger partial charge is 0.227 e. The Hall–Kier alpha value is -7.23. The van der Waals surface area contributed by atoms with E-state index in [1.54, 1.807) is 0 Å². The molecule has 1 aliphatic rings. The highest BCUT2D eigenvalue weighted by Gasteiger charge is 2.28. The highest BCUT2D eigenvalue weighted by atomic mass is 16.3. The molecule has 0 bridgehead atoms. The van der Waals surface area contributed by atoms with Gasteiger partial charge in [0.25, 0.3) is 0 Å². The van der Waals surface area contributed by atoms with Gasteiger partial charge in [-0.15, -0.1) is 0 Å². The first kappa shape index (κ1) is 31.3. The molecule has 0 aliphatic heterocycles. The fraction of sp³-hybridized carbons (Fsp3) is 0.0192. The summed E-state index contributed by atoms with van der Waals surface area (Å²) < 4.78 is 6.23. The van der Waals surface area contributed by atoms with E-state index in [0.717, 1.165) is 51.3 Å². The Morgan fingerprint density at radius 1 is 0.418 bits per heavy atom. The van der Waals surface area contributed by atoms with Gasteiger partial charge in [0.05, 0.1) is 5.69 Å². The lowest BCUT2D eigenvalue weighted by Gasteiger charge is -2.29. The number of rotatable bonds is 6. The molecule has 0 spiro atoms. The molecule has 55 heavy (non-hydrogen) atoms. The number of benzene rings is 9. The molecule has 0 radical (unpaired) electrons. The summed E-state index contributed by atoms with van der Waals surface area (Å²) in [6.07, 6.45) is 0.860. The van der Waals surface area contributed by atoms with Crippen molar-refractivity contribution in [1.29, 1.82) is 0 Å². The molecule has 0 N–H and O–H groups in total. The first-order chi connectivity index (χ1) is 27.2. The molecule has 258 valence electrons. The number of nitrogens with zero attached hydrogens (tertiary/aromatic N) is 2. The zero-order valence-corrected chi connectivity index (χ0v) is 30.0. The molecular formula is C52H34N2O. The number of hydrogen-bond donors (Lipinski definition) is 0. The molecule has 11 rings (SSSR count). The van der Waals surface area contributed by atoms with Crippen LogP contribution in [0.25, 0.3) is 77.5 Å². The fourth-order valence-corrected chi connectivity index (χ4v) is 8.34. The standard InChI is InChI=1S/C52H34N2O/c1-3-11-34(12-4-1)36-19-23-45(24-20-36)54(46-25-21-35-13-7-8-17-39(35)30-46)49-33-42(28-44-29-43-27-38-16-9-10-18-40(38)31-47(43)51(44)49)41-22-26-50-48(32-41)53-52(55-50)37-14-5-2-6-15-37/h1-28,30-33H,29H2. The number of aromatic nitrogens is 1. The average molecular weight is 703 g/mol. The molecule has 10 aromatic rings. The molecule has 0 atom stereocenters. The van der Waals surface area contributed by atoms with Crippen molar-refractivity contribution >= 4 is 49.7 Å². The zero-order valence-electron chi connectivity index (χ0n) is 30.0. The molecule has 0 amide bonds. The molecule has 0 saturated carbocycles. The number of hydrogen-bond acceptors (Lipinski definition) is 3. The third-order valence-electron chi connectivity index (χ3n) is 11.0. The predicted molar refractivity (Wildman–Crippen MR) is 228 cm³/mol. The second-order valence-electron chi connectivity index (χ2n) is 14.4. The fourth-order valence-electron chi connectivity index (χ4n) is 8.34. The van der Waals surface area contributed by atoms with E-state index in [1.807, 2.05) is 30.3 Å². The maximum Gasteiger partial charge on any atom is 0.227 e. The van der Waals surface area contributed by atoms with Gasteiger partial charge in [-0.1, -0.05) is 133 Å². The Kier molecular flexibility index (Phi) is 7.24. The van der Waals surface area contributed by atoms with E-state index in [1.165, 1.54) is 54.9 Å². The van der Waals surface area contributed by atoms with Crippen LogP contribution >= 0.6 is 0 Å². The molecule has 0 unspecified atom stereocenters. The van der Waals surface area contributed by atoms with Crippen molar-refractivity contribution in [2.45, 2.75) is 6.42 Å². The minimum absolute atomic E-state index is 0.631. The minimum Gasteiger partial charge on any atom is -0.436 e. The predicted octanol–water partition coefficient (Wildman–Crippen LogP) is 14.2. The summed E-state index contributed by atoms with van der Waals surface area (Å²) in [6.45, 7) is 0. The van der Waals surface area contributed by atoms with E-state index in [4.69, 9.17) is 9.40 Å². The molecule has 1 aliphatic carbocycles. The molecule has 3 heteroatoms. The van der Waals surface area contributed by atoms with E-state index in [9.17, 15) is 0 Å². The van der Waals surface area contributed by atoms with Gasteiger partial charge >= 0.3 is 0 Å². The van der Waals surface area contributed by atoms with Crippen molar-refractivity contribution < 1.29 is 4.42 Å². The van der Waals surface area contributed by atoms with E-state index in [2.05, 4.69) is 169 Å². The van der Waals surface area contributed by atoms with Crippen LogP contribution in [0.1, 0.15) is 11.1 Å². The lowest BCUT2D eigenvalue weighted by molar-refractivity contribution is 0.620. The maximum atomic E-state index is 6.23. The monoisotopic (exact) mass is 702 g/mol. The van der Waals surface area contributed by atoms with E-state index < -0.39 is 0 Å². The lowest BCUT2D eigenvalue weighted by Crippen LogP contribution is -2.12. The van der Waals surface area contributed by atoms with Crippen molar-refractivity contribution in [3.63, 3.8) is 0 Å². The van der Waals surface area contributed by atoms with E-state index in [-0.39, 0.29) is 0 Å². The van der Waals surface area contributed by atoms with Gasteiger partial charge in [0.15, 0.2) is 5.58 Å². The zero-order chi connectivity index (χ0) is 36.3. The lowest BCUT2D eigenvalue weighted by atomic mass is 9.94. The van der Waals surface area contributed by atoms with Gasteiger partial charge in [0.1, 0.15) is 5.52 Å². The summed E-state index contributed by atoms with van der Waals surface area (Å²) in [5.74, 6) is 0.631. The minimum atomic E-state index is 0.631. The van der Waals surface area contributed by atoms with Gasteiger partial charge in [-0.3, -0.25) is 0 Å². The van der Waals surface area contributed by atoms with Crippen molar-refractivity contribution in [2.24, 2.45) is 0 Å². The first-order valence-corrected chi connectivity index (χ1v) is 18.8. The van der Waals surface area contributed by atoms with Crippen LogP contribution in [0.15, 0.2) is 199 Å². The summed E-state index contributed by atoms with van der Waals surface area (Å²) in [4.78, 5) is 7.40. The van der Waals surface area contributed by atoms with Gasteiger partial charge in [0, 0.05) is 22.5 Å². The second-order valence-corrected chi connectivity index (χ2v) is 14.4. The molecule has 1 heterocycles. The quantitative estimate of drug-likeness (QED) is 0.173. The summed E-state index contributed by atoms with van der Waals surface area (Å²) in [5, 5.41) is 4.94. The van der Waals surface area contributed by atoms with Crippen molar-refractivity contribution in [1.82, 2.24) is 4.98 Å². The summed E-state index contributed by atoms with van der Waals surface area (Å²) >= 11 is 0. The highest BCUT2D eigenvalue weighted by Crippen LogP contribution is 2.50. The van der Waals surface area contributed by atoms with E-state index in [0.29, 0.717) is 5.89 Å². The van der Waals surface area contributed by atoms with Gasteiger partial charge in [-0.05, 0) is 128 Å². The third kappa shape index (κ3) is 5.48. The van der Waals surface area contributed by atoms with Gasteiger partial charge in [0.2, 0.25) is 5.89 Å². The van der Waals surface area contributed by atoms with Crippen LogP contribution in [0.3, 0.4) is 0 Å². The third-order valence-corrected chi connectivity index (χ3v) is 11.0. The van der Waals surface area contributed by atoms with Crippen LogP contribution in [0.5, 0.6) is 0 Å². The summed E-state index contributed by atoms with van der Waals surface area (Å²) in [6, 6.07) is 69.8. The Morgan fingerprint density at radius 2 is 1.04 bits per heavy atom. The Balaban J connectivity index is 1.14. The van der Waals surface area contributed by atoms with Crippen molar-refractivity contribution in [3.05, 3.63) is 205 Å². The summed E-state index contributed by atoms with van der Waals surface area (Å²) in [7, 11) is 0. The number of oxazole rings is 1. The molecule has 9 aromatic carbocycles. The molecule has 3 nitrogen and oxygen atoms in total. The van der Waals surface area contributed by atoms with Crippen LogP contribution in [0, 0.1) is 0 Å². The van der Waals surface area contributed by atoms with Crippen molar-refractivity contribution in [3.8, 4) is 44.8 Å². The summed E-state index contributed by atoms with van der Waals surface area (Å²) in [5.41, 5.74) is 15.8. The Bertz CT molecular complexity index is 3050. The highest BCUT2D eigenvalue weighted by molar-refractivity contribution is 6.01. The van der Waals surface area contributed by atoms with Gasteiger partial charge in [-0.25, -0.2) is 4.98 Å². The number of fused-ring (bicyclic) bond motifs is 6. The van der Waals surface area contributed by atoms with Crippen LogP contribution < -0.4 is 4.90 Å². The second kappa shape index (κ2) is 12.7. The van der Waals surface area contributed by atoms with Gasteiger partial charge in [-0.2, -0.15) is 0 Å².